The number of benzene rings is 2. The molecular formula is C16H14FN5O2. The fourth-order valence-electron chi connectivity index (χ4n) is 2.57. The molecule has 0 spiro atoms. The minimum absolute atomic E-state index is 0.321. The number of ether oxygens (including phenoxy) is 2. The molecule has 0 saturated carbocycles. The van der Waals surface area contributed by atoms with Crippen LogP contribution in [0.5, 0.6) is 11.5 Å². The molecule has 2 heterocycles. The number of nitrogens with one attached hydrogen (secondary N) is 2. The van der Waals surface area contributed by atoms with Gasteiger partial charge in [0.15, 0.2) is 11.5 Å². The Morgan fingerprint density at radius 2 is 1.88 bits per heavy atom. The van der Waals surface area contributed by atoms with Crippen LogP contribution in [0.1, 0.15) is 0 Å². The fraction of sp³-hybridized carbons (Fsp3) is 0.125. The molecule has 8 heteroatoms. The summed E-state index contributed by atoms with van der Waals surface area (Å²) in [5.41, 5.74) is 2.11. The van der Waals surface area contributed by atoms with Crippen molar-refractivity contribution in [1.82, 2.24) is 19.6 Å². The monoisotopic (exact) mass is 327 g/mol. The lowest BCUT2D eigenvalue weighted by Crippen LogP contribution is -1.95. The number of methoxy groups -OCH3 is 2. The van der Waals surface area contributed by atoms with E-state index >= 15 is 0 Å². The van der Waals surface area contributed by atoms with Gasteiger partial charge in [-0.25, -0.2) is 13.9 Å². The van der Waals surface area contributed by atoms with Gasteiger partial charge in [0.1, 0.15) is 5.82 Å². The van der Waals surface area contributed by atoms with Crippen molar-refractivity contribution in [2.24, 2.45) is 0 Å². The molecular weight excluding hydrogens is 313 g/mol. The predicted octanol–water partition coefficient (Wildman–Crippen LogP) is 3.11. The second-order valence-corrected chi connectivity index (χ2v) is 5.15. The summed E-state index contributed by atoms with van der Waals surface area (Å²) in [6, 6.07) is 9.75. The molecule has 2 aromatic carbocycles. The largest absolute Gasteiger partial charge is 0.493 e. The maximum atomic E-state index is 13.3. The van der Waals surface area contributed by atoms with Gasteiger partial charge in [0.25, 0.3) is 5.78 Å². The molecule has 4 rings (SSSR count). The molecule has 24 heavy (non-hydrogen) atoms. The Kier molecular flexibility index (Phi) is 3.23. The molecule has 0 amide bonds. The summed E-state index contributed by atoms with van der Waals surface area (Å²) >= 11 is 0. The molecule has 0 aliphatic carbocycles. The van der Waals surface area contributed by atoms with Crippen LogP contribution in [0.25, 0.3) is 16.8 Å². The molecule has 7 nitrogen and oxygen atoms in total. The maximum Gasteiger partial charge on any atom is 0.253 e. The first-order valence-corrected chi connectivity index (χ1v) is 7.21. The van der Waals surface area contributed by atoms with Crippen LogP contribution in [-0.4, -0.2) is 33.8 Å². The molecule has 4 aromatic rings. The van der Waals surface area contributed by atoms with Gasteiger partial charge in [0.2, 0.25) is 5.95 Å². The van der Waals surface area contributed by atoms with Gasteiger partial charge in [0, 0.05) is 17.8 Å². The Labute approximate surface area is 136 Å². The quantitative estimate of drug-likeness (QED) is 0.602. The molecule has 2 aromatic heterocycles. The summed E-state index contributed by atoms with van der Waals surface area (Å²) in [5, 5.41) is 6.10. The van der Waals surface area contributed by atoms with E-state index in [2.05, 4.69) is 20.4 Å². The summed E-state index contributed by atoms with van der Waals surface area (Å²) in [6.07, 6.45) is 0. The average molecular weight is 327 g/mol. The number of hydrogen-bond acceptors (Lipinski definition) is 5. The van der Waals surface area contributed by atoms with E-state index < -0.39 is 0 Å². The lowest BCUT2D eigenvalue weighted by molar-refractivity contribution is 0.355. The van der Waals surface area contributed by atoms with E-state index in [1.165, 1.54) is 12.1 Å². The first-order chi connectivity index (χ1) is 11.7. The minimum Gasteiger partial charge on any atom is -0.493 e. The summed E-state index contributed by atoms with van der Waals surface area (Å²) in [6.45, 7) is 0. The number of anilines is 2. The van der Waals surface area contributed by atoms with E-state index in [9.17, 15) is 4.39 Å². The van der Waals surface area contributed by atoms with Crippen LogP contribution >= 0.6 is 0 Å². The van der Waals surface area contributed by atoms with Gasteiger partial charge in [0.05, 0.1) is 25.3 Å². The summed E-state index contributed by atoms with van der Waals surface area (Å²) in [7, 11) is 3.15. The molecule has 0 bridgehead atoms. The van der Waals surface area contributed by atoms with Crippen LogP contribution in [0.3, 0.4) is 0 Å². The molecule has 0 unspecified atom stereocenters. The van der Waals surface area contributed by atoms with E-state index in [1.54, 1.807) is 36.9 Å². The molecule has 0 fully saturated rings. The lowest BCUT2D eigenvalue weighted by atomic mass is 10.3. The second kappa shape index (κ2) is 5.41. The van der Waals surface area contributed by atoms with Crippen molar-refractivity contribution >= 4 is 28.4 Å². The van der Waals surface area contributed by atoms with Crippen LogP contribution in [0, 0.1) is 5.82 Å². The van der Waals surface area contributed by atoms with E-state index in [4.69, 9.17) is 9.47 Å². The zero-order valence-electron chi connectivity index (χ0n) is 13.0. The predicted molar refractivity (Wildman–Crippen MR) is 87.6 cm³/mol. The second-order valence-electron chi connectivity index (χ2n) is 5.15. The van der Waals surface area contributed by atoms with Crippen LogP contribution in [0.2, 0.25) is 0 Å². The summed E-state index contributed by atoms with van der Waals surface area (Å²) in [5.74, 6) is 1.82. The fourth-order valence-corrected chi connectivity index (χ4v) is 2.57. The third-order valence-corrected chi connectivity index (χ3v) is 3.66. The van der Waals surface area contributed by atoms with Crippen molar-refractivity contribution in [3.63, 3.8) is 0 Å². The van der Waals surface area contributed by atoms with Crippen LogP contribution in [0.15, 0.2) is 36.4 Å². The maximum absolute atomic E-state index is 13.3. The Morgan fingerprint density at radius 3 is 2.62 bits per heavy atom. The Hall–Kier alpha value is -3.29. The molecule has 0 aliphatic rings. The van der Waals surface area contributed by atoms with Crippen molar-refractivity contribution in [2.75, 3.05) is 19.5 Å². The number of nitrogens with zero attached hydrogens (tertiary/aromatic N) is 3. The number of H-pyrrole nitrogens is 1. The Balaban J connectivity index is 1.78. The lowest BCUT2D eigenvalue weighted by Gasteiger charge is -2.06. The van der Waals surface area contributed by atoms with E-state index in [-0.39, 0.29) is 5.82 Å². The minimum atomic E-state index is -0.321. The summed E-state index contributed by atoms with van der Waals surface area (Å²) in [4.78, 5) is 8.82. The zero-order valence-corrected chi connectivity index (χ0v) is 13.0. The number of halogens is 1. The standard InChI is InChI=1S/C16H14FN5O2/c1-23-13-7-11-12(8-14(13)24-2)22-16(19-11)20-15(21-22)18-10-5-3-4-9(17)6-10/h3-8H,1-2H3,(H2,18,19,20,21). The van der Waals surface area contributed by atoms with Crippen LogP contribution in [-0.2, 0) is 0 Å². The van der Waals surface area contributed by atoms with Gasteiger partial charge < -0.3 is 14.8 Å². The number of hydrogen-bond donors (Lipinski definition) is 2. The Morgan fingerprint density at radius 1 is 1.08 bits per heavy atom. The molecule has 2 N–H and O–H groups in total. The molecule has 0 aliphatic heterocycles. The molecule has 0 radical (unpaired) electrons. The van der Waals surface area contributed by atoms with E-state index in [1.807, 2.05) is 6.07 Å². The highest BCUT2D eigenvalue weighted by molar-refractivity contribution is 5.83. The highest BCUT2D eigenvalue weighted by Gasteiger charge is 2.14. The summed E-state index contributed by atoms with van der Waals surface area (Å²) < 4.78 is 25.6. The zero-order chi connectivity index (χ0) is 16.7. The molecule has 122 valence electrons. The van der Waals surface area contributed by atoms with Crippen molar-refractivity contribution in [1.29, 1.82) is 0 Å². The highest BCUT2D eigenvalue weighted by Crippen LogP contribution is 2.32. The third-order valence-electron chi connectivity index (χ3n) is 3.66. The number of aromatic nitrogens is 4. The number of imidazole rings is 1. The SMILES string of the molecule is COc1cc2nc3nc(Nc4cccc(F)c4)[nH]n3c2cc1OC. The van der Waals surface area contributed by atoms with Crippen molar-refractivity contribution in [2.45, 2.75) is 0 Å². The van der Waals surface area contributed by atoms with Crippen molar-refractivity contribution in [3.05, 3.63) is 42.2 Å². The first-order valence-electron chi connectivity index (χ1n) is 7.21. The number of aromatic amines is 1. The van der Waals surface area contributed by atoms with Gasteiger partial charge in [-0.2, -0.15) is 4.98 Å². The van der Waals surface area contributed by atoms with Crippen LogP contribution in [0.4, 0.5) is 16.0 Å². The molecule has 0 atom stereocenters. The van der Waals surface area contributed by atoms with Crippen LogP contribution < -0.4 is 14.8 Å². The van der Waals surface area contributed by atoms with Gasteiger partial charge in [-0.05, 0) is 18.2 Å². The number of rotatable bonds is 4. The molecule has 0 saturated heterocycles. The highest BCUT2D eigenvalue weighted by atomic mass is 19.1. The number of fused-ring (bicyclic) bond motifs is 3. The van der Waals surface area contributed by atoms with Gasteiger partial charge in [-0.15, -0.1) is 0 Å². The van der Waals surface area contributed by atoms with Gasteiger partial charge in [-0.3, -0.25) is 5.10 Å². The third kappa shape index (κ3) is 2.28. The topological polar surface area (TPSA) is 76.5 Å². The van der Waals surface area contributed by atoms with Crippen molar-refractivity contribution in [3.8, 4) is 11.5 Å². The van der Waals surface area contributed by atoms with Crippen molar-refractivity contribution < 1.29 is 13.9 Å². The first kappa shape index (κ1) is 14.3. The Bertz CT molecular complexity index is 1040. The van der Waals surface area contributed by atoms with Gasteiger partial charge >= 0.3 is 0 Å². The smallest absolute Gasteiger partial charge is 0.253 e. The normalized spacial score (nSPS) is 11.1. The van der Waals surface area contributed by atoms with Gasteiger partial charge in [-0.1, -0.05) is 6.07 Å². The average Bonchev–Trinajstić information content (AvgIpc) is 3.10. The van der Waals surface area contributed by atoms with E-state index in [0.717, 1.165) is 11.0 Å². The van der Waals surface area contributed by atoms with E-state index in [0.29, 0.717) is 28.9 Å².